The number of rotatable bonds is 8. The summed E-state index contributed by atoms with van der Waals surface area (Å²) in [7, 11) is 0. The van der Waals surface area contributed by atoms with Crippen LogP contribution in [0.1, 0.15) is 106 Å². The Labute approximate surface area is 188 Å². The van der Waals surface area contributed by atoms with E-state index < -0.39 is 28.7 Å². The lowest BCUT2D eigenvalue weighted by molar-refractivity contribution is -0.147. The summed E-state index contributed by atoms with van der Waals surface area (Å²) in [6.45, 7) is 11.2. The smallest absolute Gasteiger partial charge is 0.235 e. The van der Waals surface area contributed by atoms with Gasteiger partial charge in [0.2, 0.25) is 11.8 Å². The summed E-state index contributed by atoms with van der Waals surface area (Å²) in [5, 5.41) is 28.5. The van der Waals surface area contributed by atoms with Crippen molar-refractivity contribution < 1.29 is 19.8 Å². The highest BCUT2D eigenvalue weighted by atomic mass is 16.3. The molecule has 31 heavy (non-hydrogen) atoms. The molecule has 0 aromatic carbocycles. The fourth-order valence-electron chi connectivity index (χ4n) is 5.54. The zero-order valence-electron chi connectivity index (χ0n) is 20.6. The van der Waals surface area contributed by atoms with Gasteiger partial charge in [-0.2, -0.15) is 0 Å². The van der Waals surface area contributed by atoms with Gasteiger partial charge in [0.05, 0.1) is 23.3 Å². The van der Waals surface area contributed by atoms with Gasteiger partial charge in [0.15, 0.2) is 0 Å². The highest BCUT2D eigenvalue weighted by Gasteiger charge is 2.47. The van der Waals surface area contributed by atoms with E-state index in [-0.39, 0.29) is 23.7 Å². The number of carbonyl (C=O) groups excluding carboxylic acids is 2. The number of carbonyl (C=O) groups is 2. The molecule has 2 atom stereocenters. The lowest BCUT2D eigenvalue weighted by Crippen LogP contribution is -2.62. The van der Waals surface area contributed by atoms with Crippen molar-refractivity contribution in [1.82, 2.24) is 10.6 Å². The summed E-state index contributed by atoms with van der Waals surface area (Å²) in [6, 6.07) is -0.786. The van der Waals surface area contributed by atoms with E-state index in [1.165, 1.54) is 0 Å². The van der Waals surface area contributed by atoms with Gasteiger partial charge in [-0.25, -0.2) is 0 Å². The average Bonchev–Trinajstić information content (AvgIpc) is 2.69. The lowest BCUT2D eigenvalue weighted by atomic mass is 9.74. The molecule has 2 aliphatic carbocycles. The molecule has 2 rings (SSSR count). The molecule has 0 heterocycles. The first-order valence-electron chi connectivity index (χ1n) is 12.4. The van der Waals surface area contributed by atoms with Gasteiger partial charge < -0.3 is 20.8 Å². The van der Waals surface area contributed by atoms with Gasteiger partial charge in [0.25, 0.3) is 0 Å². The molecule has 0 spiro atoms. The van der Waals surface area contributed by atoms with Crippen LogP contribution in [0.4, 0.5) is 0 Å². The summed E-state index contributed by atoms with van der Waals surface area (Å²) in [5.41, 5.74) is -3.16. The van der Waals surface area contributed by atoms with E-state index in [9.17, 15) is 19.8 Å². The molecule has 2 saturated carbocycles. The first kappa shape index (κ1) is 26.1. The Bertz CT molecular complexity index is 565. The number of aliphatic hydroxyl groups is 2. The van der Waals surface area contributed by atoms with Crippen molar-refractivity contribution in [3.63, 3.8) is 0 Å². The molecule has 6 heteroatoms. The third-order valence-electron chi connectivity index (χ3n) is 7.64. The van der Waals surface area contributed by atoms with Crippen LogP contribution in [-0.2, 0) is 9.59 Å². The maximum atomic E-state index is 13.3. The molecule has 2 aliphatic rings. The largest absolute Gasteiger partial charge is 0.388 e. The van der Waals surface area contributed by atoms with Gasteiger partial charge >= 0.3 is 0 Å². The Kier molecular flexibility index (Phi) is 8.59. The van der Waals surface area contributed by atoms with Gasteiger partial charge in [-0.05, 0) is 51.4 Å². The van der Waals surface area contributed by atoms with Crippen LogP contribution in [0.5, 0.6) is 0 Å². The lowest BCUT2D eigenvalue weighted by Gasteiger charge is -2.44. The summed E-state index contributed by atoms with van der Waals surface area (Å²) < 4.78 is 0. The van der Waals surface area contributed by atoms with E-state index in [0.29, 0.717) is 25.7 Å². The molecular weight excluding hydrogens is 392 g/mol. The summed E-state index contributed by atoms with van der Waals surface area (Å²) in [6.07, 6.45) is 8.71. The van der Waals surface area contributed by atoms with Gasteiger partial charge in [-0.1, -0.05) is 66.2 Å². The molecule has 0 saturated heterocycles. The predicted octanol–water partition coefficient (Wildman–Crippen LogP) is 3.68. The third kappa shape index (κ3) is 6.01. The Morgan fingerprint density at radius 1 is 0.677 bits per heavy atom. The zero-order valence-corrected chi connectivity index (χ0v) is 20.6. The molecule has 2 amide bonds. The number of hydrogen-bond donors (Lipinski definition) is 4. The van der Waals surface area contributed by atoms with Crippen LogP contribution < -0.4 is 10.6 Å². The average molecular weight is 439 g/mol. The summed E-state index contributed by atoms with van der Waals surface area (Å²) in [5.74, 6) is -0.642. The van der Waals surface area contributed by atoms with Crippen molar-refractivity contribution in [2.75, 3.05) is 0 Å². The van der Waals surface area contributed by atoms with Crippen LogP contribution in [0.2, 0.25) is 0 Å². The number of amides is 2. The van der Waals surface area contributed by atoms with Gasteiger partial charge in [0, 0.05) is 0 Å². The minimum absolute atomic E-state index is 0.0530. The van der Waals surface area contributed by atoms with E-state index in [2.05, 4.69) is 10.6 Å². The highest BCUT2D eigenvalue weighted by Crippen LogP contribution is 2.36. The third-order valence-corrected chi connectivity index (χ3v) is 7.64. The van der Waals surface area contributed by atoms with Gasteiger partial charge in [-0.15, -0.1) is 0 Å². The van der Waals surface area contributed by atoms with Crippen molar-refractivity contribution in [2.45, 2.75) is 129 Å². The van der Waals surface area contributed by atoms with Crippen LogP contribution >= 0.6 is 0 Å². The second-order valence-corrected chi connectivity index (χ2v) is 11.3. The first-order valence-corrected chi connectivity index (χ1v) is 12.4. The van der Waals surface area contributed by atoms with Crippen molar-refractivity contribution >= 4 is 11.8 Å². The zero-order chi connectivity index (χ0) is 23.4. The minimum atomic E-state index is -1.31. The second kappa shape index (κ2) is 10.2. The van der Waals surface area contributed by atoms with Crippen molar-refractivity contribution in [2.24, 2.45) is 17.3 Å². The molecule has 4 N–H and O–H groups in total. The predicted molar refractivity (Wildman–Crippen MR) is 123 cm³/mol. The van der Waals surface area contributed by atoms with Crippen molar-refractivity contribution in [3.05, 3.63) is 0 Å². The SMILES string of the molecule is CC(C)C(NC(=O)C(C)(C)C(=O)NC(C(C)C)C1(O)CCCCC1)C1(O)CCCCC1. The molecule has 180 valence electrons. The molecule has 6 nitrogen and oxygen atoms in total. The van der Waals surface area contributed by atoms with E-state index >= 15 is 0 Å². The van der Waals surface area contributed by atoms with Crippen LogP contribution in [0.3, 0.4) is 0 Å². The number of hydrogen-bond acceptors (Lipinski definition) is 4. The fraction of sp³-hybridized carbons (Fsp3) is 0.920. The topological polar surface area (TPSA) is 98.7 Å². The highest BCUT2D eigenvalue weighted by molar-refractivity contribution is 6.04. The molecule has 2 unspecified atom stereocenters. The molecular formula is C25H46N2O4. The Balaban J connectivity index is 2.13. The molecule has 0 aliphatic heterocycles. The quantitative estimate of drug-likeness (QED) is 0.434. The molecule has 0 aromatic rings. The Morgan fingerprint density at radius 2 is 0.968 bits per heavy atom. The van der Waals surface area contributed by atoms with Crippen LogP contribution in [0, 0.1) is 17.3 Å². The van der Waals surface area contributed by atoms with Gasteiger partial charge in [-0.3, -0.25) is 9.59 Å². The summed E-state index contributed by atoms with van der Waals surface area (Å²) in [4.78, 5) is 26.5. The van der Waals surface area contributed by atoms with Gasteiger partial charge in [0.1, 0.15) is 5.41 Å². The Morgan fingerprint density at radius 3 is 1.23 bits per heavy atom. The van der Waals surface area contributed by atoms with E-state index in [1.54, 1.807) is 13.8 Å². The van der Waals surface area contributed by atoms with Crippen molar-refractivity contribution in [1.29, 1.82) is 0 Å². The maximum Gasteiger partial charge on any atom is 0.235 e. The molecule has 0 bridgehead atoms. The standard InChI is InChI=1S/C25H46N2O4/c1-17(2)19(24(30)13-9-7-10-14-24)26-21(28)23(5,6)22(29)27-20(18(3)4)25(31)15-11-8-12-16-25/h17-20,30-31H,7-16H2,1-6H3,(H,26,28)(H,27,29). The fourth-order valence-corrected chi connectivity index (χ4v) is 5.54. The second-order valence-electron chi connectivity index (χ2n) is 11.3. The molecule has 0 radical (unpaired) electrons. The van der Waals surface area contributed by atoms with E-state index in [4.69, 9.17) is 0 Å². The Hall–Kier alpha value is -1.14. The summed E-state index contributed by atoms with van der Waals surface area (Å²) >= 11 is 0. The normalized spacial score (nSPS) is 23.3. The van der Waals surface area contributed by atoms with E-state index in [1.807, 2.05) is 27.7 Å². The minimum Gasteiger partial charge on any atom is -0.388 e. The first-order chi connectivity index (χ1) is 14.3. The monoisotopic (exact) mass is 438 g/mol. The van der Waals surface area contributed by atoms with Crippen LogP contribution in [0.15, 0.2) is 0 Å². The maximum absolute atomic E-state index is 13.3. The van der Waals surface area contributed by atoms with Crippen LogP contribution in [0.25, 0.3) is 0 Å². The molecule has 2 fully saturated rings. The number of nitrogens with one attached hydrogen (secondary N) is 2. The van der Waals surface area contributed by atoms with E-state index in [0.717, 1.165) is 38.5 Å². The van der Waals surface area contributed by atoms with Crippen molar-refractivity contribution in [3.8, 4) is 0 Å². The van der Waals surface area contributed by atoms with Crippen LogP contribution in [-0.4, -0.2) is 45.3 Å². The molecule has 0 aromatic heterocycles.